The summed E-state index contributed by atoms with van der Waals surface area (Å²) in [6, 6.07) is 9.51. The predicted octanol–water partition coefficient (Wildman–Crippen LogP) is 2.32. The van der Waals surface area contributed by atoms with Crippen LogP contribution in [0.3, 0.4) is 0 Å². The maximum atomic E-state index is 12.6. The van der Waals surface area contributed by atoms with Crippen LogP contribution in [0.2, 0.25) is 0 Å². The Balaban J connectivity index is 2.62. The molecule has 26 heavy (non-hydrogen) atoms. The molecule has 0 spiro atoms. The molecular weight excluding hydrogens is 360 g/mol. The van der Waals surface area contributed by atoms with Crippen molar-refractivity contribution in [2.24, 2.45) is 0 Å². The third-order valence-electron chi connectivity index (χ3n) is 3.50. The lowest BCUT2D eigenvalue weighted by Gasteiger charge is -2.13. The average Bonchev–Trinajstić information content (AvgIpc) is 2.60. The molecule has 0 atom stereocenters. The second-order valence-corrected chi connectivity index (χ2v) is 7.18. The van der Waals surface area contributed by atoms with Gasteiger partial charge in [0, 0.05) is 11.8 Å². The molecule has 0 unspecified atom stereocenters. The molecule has 0 bridgehead atoms. The first-order chi connectivity index (χ1) is 12.2. The van der Waals surface area contributed by atoms with Crippen molar-refractivity contribution in [1.29, 1.82) is 5.26 Å². The highest BCUT2D eigenvalue weighted by Crippen LogP contribution is 2.35. The van der Waals surface area contributed by atoms with E-state index < -0.39 is 31.1 Å². The number of rotatable bonds is 5. The van der Waals surface area contributed by atoms with Crippen LogP contribution in [0.15, 0.2) is 46.2 Å². The van der Waals surface area contributed by atoms with Gasteiger partial charge in [0.25, 0.3) is 5.69 Å². The van der Waals surface area contributed by atoms with Crippen molar-refractivity contribution in [3.8, 4) is 17.6 Å². The van der Waals surface area contributed by atoms with Gasteiger partial charge in [-0.05, 0) is 36.8 Å². The van der Waals surface area contributed by atoms with Gasteiger partial charge in [-0.1, -0.05) is 17.7 Å². The molecule has 0 heterocycles. The Morgan fingerprint density at radius 2 is 1.88 bits per heavy atom. The van der Waals surface area contributed by atoms with Gasteiger partial charge in [-0.15, -0.1) is 0 Å². The Labute approximate surface area is 149 Å². The van der Waals surface area contributed by atoms with E-state index in [-0.39, 0.29) is 16.2 Å². The number of hydrogen-bond donors (Lipinski definition) is 0. The molecule has 2 aromatic carbocycles. The Hall–Kier alpha value is -3.38. The summed E-state index contributed by atoms with van der Waals surface area (Å²) in [5.41, 5.74) is 0.0545. The second-order valence-electron chi connectivity index (χ2n) is 5.27. The number of nitrogens with zero attached hydrogens (tertiary/aromatic N) is 2. The van der Waals surface area contributed by atoms with Crippen LogP contribution in [0, 0.1) is 28.4 Å². The van der Waals surface area contributed by atoms with E-state index in [9.17, 15) is 28.9 Å². The third-order valence-corrected chi connectivity index (χ3v) is 5.18. The average molecular weight is 373 g/mol. The first-order valence-electron chi connectivity index (χ1n) is 7.17. The van der Waals surface area contributed by atoms with Gasteiger partial charge in [0.2, 0.25) is 9.84 Å². The molecule has 9 heteroatoms. The minimum absolute atomic E-state index is 0.0135. The van der Waals surface area contributed by atoms with Crippen molar-refractivity contribution in [3.05, 3.63) is 62.5 Å². The van der Waals surface area contributed by atoms with Crippen LogP contribution in [-0.4, -0.2) is 20.5 Å². The van der Waals surface area contributed by atoms with E-state index in [1.54, 1.807) is 25.1 Å². The Morgan fingerprint density at radius 3 is 2.38 bits per heavy atom. The summed E-state index contributed by atoms with van der Waals surface area (Å²) in [7, 11) is -2.96. The highest BCUT2D eigenvalue weighted by atomic mass is 32.2. The van der Waals surface area contributed by atoms with Crippen molar-refractivity contribution in [2.75, 3.05) is 7.11 Å². The normalized spacial score (nSPS) is 11.7. The van der Waals surface area contributed by atoms with Crippen molar-refractivity contribution in [3.63, 3.8) is 0 Å². The number of nitro groups is 1. The number of aryl methyl sites for hydroxylation is 1. The minimum Gasteiger partial charge on any atom is -0.865 e. The zero-order valence-electron chi connectivity index (χ0n) is 13.8. The topological polar surface area (TPSA) is 133 Å². The van der Waals surface area contributed by atoms with Crippen LogP contribution in [-0.2, 0) is 9.84 Å². The van der Waals surface area contributed by atoms with Gasteiger partial charge in [0.05, 0.1) is 16.9 Å². The van der Waals surface area contributed by atoms with Crippen molar-refractivity contribution >= 4 is 21.6 Å². The van der Waals surface area contributed by atoms with Gasteiger partial charge in [0.15, 0.2) is 0 Å². The molecular formula is C17H13N2O6S-. The Bertz CT molecular complexity index is 1030. The fourth-order valence-electron chi connectivity index (χ4n) is 2.14. The molecule has 0 saturated heterocycles. The summed E-state index contributed by atoms with van der Waals surface area (Å²) in [5, 5.41) is 32.1. The summed E-state index contributed by atoms with van der Waals surface area (Å²) in [6.45, 7) is 1.79. The molecule has 2 aromatic rings. The lowest BCUT2D eigenvalue weighted by atomic mass is 10.1. The molecule has 0 N–H and O–H groups in total. The molecule has 2 rings (SSSR count). The SMILES string of the molecule is COc1cc(/C=C(\C#N)S(=O)(=O)c2ccc(C)cc2)cc([N+](=O)[O-])c1[O-]. The van der Waals surface area contributed by atoms with E-state index in [0.29, 0.717) is 0 Å². The second kappa shape index (κ2) is 7.25. The van der Waals surface area contributed by atoms with Crippen molar-refractivity contribution in [2.45, 2.75) is 11.8 Å². The Kier molecular flexibility index (Phi) is 5.28. The first kappa shape index (κ1) is 19.0. The molecule has 0 amide bonds. The molecule has 0 aromatic heterocycles. The largest absolute Gasteiger partial charge is 0.865 e. The van der Waals surface area contributed by atoms with Crippen LogP contribution in [0.5, 0.6) is 11.5 Å². The van der Waals surface area contributed by atoms with E-state index in [4.69, 9.17) is 4.74 Å². The number of sulfone groups is 1. The number of nitro benzene ring substituents is 1. The highest BCUT2D eigenvalue weighted by Gasteiger charge is 2.21. The van der Waals surface area contributed by atoms with Gasteiger partial charge in [-0.25, -0.2) is 8.42 Å². The maximum Gasteiger partial charge on any atom is 0.266 e. The summed E-state index contributed by atoms with van der Waals surface area (Å²) in [4.78, 5) is 9.39. The third kappa shape index (κ3) is 3.65. The van der Waals surface area contributed by atoms with E-state index >= 15 is 0 Å². The van der Waals surface area contributed by atoms with Gasteiger partial charge < -0.3 is 9.84 Å². The van der Waals surface area contributed by atoms with Crippen molar-refractivity contribution in [1.82, 2.24) is 0 Å². The summed E-state index contributed by atoms with van der Waals surface area (Å²) in [6.07, 6.45) is 0.962. The first-order valence-corrected chi connectivity index (χ1v) is 8.66. The lowest BCUT2D eigenvalue weighted by Crippen LogP contribution is -2.04. The van der Waals surface area contributed by atoms with Crippen LogP contribution < -0.4 is 9.84 Å². The predicted molar refractivity (Wildman–Crippen MR) is 91.0 cm³/mol. The van der Waals surface area contributed by atoms with Crippen LogP contribution >= 0.6 is 0 Å². The van der Waals surface area contributed by atoms with Crippen molar-refractivity contribution < 1.29 is 23.2 Å². The highest BCUT2D eigenvalue weighted by molar-refractivity contribution is 7.95. The summed E-state index contributed by atoms with van der Waals surface area (Å²) in [5.74, 6) is -1.26. The molecule has 134 valence electrons. The van der Waals surface area contributed by atoms with E-state index in [1.165, 1.54) is 12.1 Å². The Morgan fingerprint density at radius 1 is 1.27 bits per heavy atom. The number of methoxy groups -OCH3 is 1. The van der Waals surface area contributed by atoms with E-state index in [1.807, 2.05) is 0 Å². The molecule has 0 saturated carbocycles. The fraction of sp³-hybridized carbons (Fsp3) is 0.118. The number of allylic oxidation sites excluding steroid dienone is 1. The maximum absolute atomic E-state index is 12.6. The summed E-state index contributed by atoms with van der Waals surface area (Å²) < 4.78 is 30.0. The minimum atomic E-state index is -4.12. The van der Waals surface area contributed by atoms with E-state index in [0.717, 1.165) is 30.9 Å². The number of benzene rings is 2. The van der Waals surface area contributed by atoms with Crippen LogP contribution in [0.25, 0.3) is 6.08 Å². The van der Waals surface area contributed by atoms with Gasteiger partial charge in [-0.2, -0.15) is 5.26 Å². The standard InChI is InChI=1S/C17H14N2O6S/c1-11-3-5-13(6-4-11)26(23,24)14(10-18)7-12-8-15(19(21)22)17(20)16(9-12)25-2/h3-9,20H,1-2H3/p-1/b14-7+. The number of nitriles is 1. The summed E-state index contributed by atoms with van der Waals surface area (Å²) >= 11 is 0. The monoisotopic (exact) mass is 373 g/mol. The van der Waals surface area contributed by atoms with Gasteiger partial charge in [-0.3, -0.25) is 10.1 Å². The number of hydrogen-bond acceptors (Lipinski definition) is 7. The van der Waals surface area contributed by atoms with Gasteiger partial charge in [0.1, 0.15) is 16.7 Å². The molecule has 0 fully saturated rings. The molecule has 0 aliphatic carbocycles. The van der Waals surface area contributed by atoms with Gasteiger partial charge >= 0.3 is 0 Å². The molecule has 0 aliphatic heterocycles. The zero-order chi connectivity index (χ0) is 19.5. The quantitative estimate of drug-likeness (QED) is 0.446. The zero-order valence-corrected chi connectivity index (χ0v) is 14.6. The molecule has 8 nitrogen and oxygen atoms in total. The lowest BCUT2D eigenvalue weighted by molar-refractivity contribution is -0.398. The number of ether oxygens (including phenoxy) is 1. The fourth-order valence-corrected chi connectivity index (χ4v) is 3.30. The smallest absolute Gasteiger partial charge is 0.266 e. The van der Waals surface area contributed by atoms with Crippen LogP contribution in [0.1, 0.15) is 11.1 Å². The molecule has 0 aliphatic rings. The van der Waals surface area contributed by atoms with E-state index in [2.05, 4.69) is 0 Å². The van der Waals surface area contributed by atoms with Crippen LogP contribution in [0.4, 0.5) is 5.69 Å². The molecule has 0 radical (unpaired) electrons.